The van der Waals surface area contributed by atoms with E-state index in [1.165, 1.54) is 0 Å². The Balaban J connectivity index is 0.000000360. The summed E-state index contributed by atoms with van der Waals surface area (Å²) >= 11 is 0. The van der Waals surface area contributed by atoms with Crippen molar-refractivity contribution in [3.63, 3.8) is 0 Å². The molecule has 4 rings (SSSR count). The predicted octanol–water partition coefficient (Wildman–Crippen LogP) is 8.56. The molecule has 0 bridgehead atoms. The lowest BCUT2D eigenvalue weighted by molar-refractivity contribution is 0.0686. The molecular formula is C42H54N6O6. The minimum absolute atomic E-state index is 0.0804. The molecule has 0 unspecified atom stereocenters. The third kappa shape index (κ3) is 17.9. The standard InChI is InChI=1S/2C11H14O2.2C10H13N3O/c2*1-11(2,3)9-6-4-8(5-7-9)10(12)13;2*1-3-8(2)12-13-10(14)9-4-6-11-7-5-9/h2*4-7H,1-3H3,(H,12,13);2*4-7H,3H2,1-2H3,(H,13,14)/b;;2*12-8+. The van der Waals surface area contributed by atoms with E-state index in [-0.39, 0.29) is 22.6 Å². The van der Waals surface area contributed by atoms with E-state index in [4.69, 9.17) is 10.2 Å². The molecule has 2 aromatic carbocycles. The van der Waals surface area contributed by atoms with Crippen molar-refractivity contribution >= 4 is 35.2 Å². The molecular weight excluding hydrogens is 684 g/mol. The summed E-state index contributed by atoms with van der Waals surface area (Å²) in [4.78, 5) is 51.6. The van der Waals surface area contributed by atoms with E-state index >= 15 is 0 Å². The second kappa shape index (κ2) is 22.8. The van der Waals surface area contributed by atoms with E-state index in [9.17, 15) is 19.2 Å². The first-order chi connectivity index (χ1) is 25.3. The van der Waals surface area contributed by atoms with Crippen LogP contribution in [-0.4, -0.2) is 55.4 Å². The van der Waals surface area contributed by atoms with Crippen LogP contribution in [0.15, 0.2) is 108 Å². The summed E-state index contributed by atoms with van der Waals surface area (Å²) < 4.78 is 0. The maximum absolute atomic E-state index is 11.4. The van der Waals surface area contributed by atoms with Gasteiger partial charge in [0, 0.05) is 47.3 Å². The van der Waals surface area contributed by atoms with Crippen molar-refractivity contribution in [3.8, 4) is 0 Å². The molecule has 4 N–H and O–H groups in total. The molecule has 2 aromatic heterocycles. The first-order valence-corrected chi connectivity index (χ1v) is 17.4. The number of benzene rings is 2. The fraction of sp³-hybridized carbons (Fsp3) is 0.333. The first-order valence-electron chi connectivity index (χ1n) is 17.4. The number of carboxylic acid groups (broad SMARTS) is 2. The van der Waals surface area contributed by atoms with Crippen LogP contribution in [0.5, 0.6) is 0 Å². The highest BCUT2D eigenvalue weighted by Gasteiger charge is 2.14. The Labute approximate surface area is 318 Å². The van der Waals surface area contributed by atoms with Gasteiger partial charge in [-0.05, 0) is 97.2 Å². The molecule has 0 saturated carbocycles. The van der Waals surface area contributed by atoms with Crippen molar-refractivity contribution in [1.29, 1.82) is 0 Å². The Kier molecular flexibility index (Phi) is 19.4. The number of aromatic nitrogens is 2. The van der Waals surface area contributed by atoms with Crippen LogP contribution < -0.4 is 10.9 Å². The van der Waals surface area contributed by atoms with Gasteiger partial charge in [-0.2, -0.15) is 10.2 Å². The van der Waals surface area contributed by atoms with Crippen molar-refractivity contribution in [2.24, 2.45) is 10.2 Å². The molecule has 12 nitrogen and oxygen atoms in total. The molecule has 2 amide bonds. The second-order valence-corrected chi connectivity index (χ2v) is 14.0. The lowest BCUT2D eigenvalue weighted by Crippen LogP contribution is -2.18. The van der Waals surface area contributed by atoms with Gasteiger partial charge < -0.3 is 10.2 Å². The summed E-state index contributed by atoms with van der Waals surface area (Å²) in [6.07, 6.45) is 7.96. The minimum Gasteiger partial charge on any atom is -0.478 e. The maximum Gasteiger partial charge on any atom is 0.335 e. The normalized spacial score (nSPS) is 11.2. The van der Waals surface area contributed by atoms with Crippen LogP contribution in [0.2, 0.25) is 0 Å². The molecule has 0 spiro atoms. The van der Waals surface area contributed by atoms with Crippen LogP contribution in [0.3, 0.4) is 0 Å². The summed E-state index contributed by atoms with van der Waals surface area (Å²) in [5, 5.41) is 25.2. The summed E-state index contributed by atoms with van der Waals surface area (Å²) in [7, 11) is 0. The Hall–Kier alpha value is -6.04. The van der Waals surface area contributed by atoms with E-state index < -0.39 is 11.9 Å². The Morgan fingerprint density at radius 3 is 1.02 bits per heavy atom. The van der Waals surface area contributed by atoms with Crippen molar-refractivity contribution in [1.82, 2.24) is 20.8 Å². The zero-order chi connectivity index (χ0) is 40.9. The van der Waals surface area contributed by atoms with Gasteiger partial charge in [0.2, 0.25) is 0 Å². The number of hydrogen-bond acceptors (Lipinski definition) is 8. The summed E-state index contributed by atoms with van der Waals surface area (Å²) in [5.74, 6) is -2.17. The van der Waals surface area contributed by atoms with Gasteiger partial charge in [-0.25, -0.2) is 20.4 Å². The van der Waals surface area contributed by atoms with Gasteiger partial charge >= 0.3 is 11.9 Å². The van der Waals surface area contributed by atoms with Gasteiger partial charge in [-0.1, -0.05) is 79.7 Å². The monoisotopic (exact) mass is 738 g/mol. The average Bonchev–Trinajstić information content (AvgIpc) is 3.16. The van der Waals surface area contributed by atoms with Crippen molar-refractivity contribution in [3.05, 3.63) is 131 Å². The number of aromatic carboxylic acids is 2. The number of hydrazone groups is 2. The molecule has 0 atom stereocenters. The third-order valence-electron chi connectivity index (χ3n) is 7.60. The number of carbonyl (C=O) groups is 4. The van der Waals surface area contributed by atoms with E-state index in [2.05, 4.69) is 72.6 Å². The average molecular weight is 739 g/mol. The van der Waals surface area contributed by atoms with Gasteiger partial charge in [0.25, 0.3) is 11.8 Å². The second-order valence-electron chi connectivity index (χ2n) is 14.0. The quantitative estimate of drug-likeness (QED) is 0.102. The zero-order valence-corrected chi connectivity index (χ0v) is 33.0. The largest absolute Gasteiger partial charge is 0.478 e. The molecule has 0 aliphatic carbocycles. The number of rotatable bonds is 8. The van der Waals surface area contributed by atoms with Crippen LogP contribution in [0, 0.1) is 0 Å². The van der Waals surface area contributed by atoms with Crippen LogP contribution >= 0.6 is 0 Å². The lowest BCUT2D eigenvalue weighted by Gasteiger charge is -2.18. The summed E-state index contributed by atoms with van der Waals surface area (Å²) in [6, 6.07) is 20.6. The molecule has 2 heterocycles. The highest BCUT2D eigenvalue weighted by atomic mass is 16.4. The Morgan fingerprint density at radius 2 is 0.796 bits per heavy atom. The molecule has 0 aliphatic rings. The minimum atomic E-state index is -0.875. The van der Waals surface area contributed by atoms with Crippen molar-refractivity contribution < 1.29 is 29.4 Å². The molecule has 4 aromatic rings. The van der Waals surface area contributed by atoms with Crippen LogP contribution in [0.25, 0.3) is 0 Å². The number of hydrogen-bond donors (Lipinski definition) is 4. The van der Waals surface area contributed by atoms with Crippen LogP contribution in [0.1, 0.15) is 135 Å². The smallest absolute Gasteiger partial charge is 0.335 e. The topological polar surface area (TPSA) is 183 Å². The van der Waals surface area contributed by atoms with E-state index in [1.807, 2.05) is 52.0 Å². The van der Waals surface area contributed by atoms with Gasteiger partial charge in [0.15, 0.2) is 0 Å². The van der Waals surface area contributed by atoms with Crippen LogP contribution in [-0.2, 0) is 10.8 Å². The number of carbonyl (C=O) groups excluding carboxylic acids is 2. The molecule has 0 fully saturated rings. The van der Waals surface area contributed by atoms with E-state index in [0.717, 1.165) is 35.4 Å². The number of amides is 2. The number of pyridine rings is 2. The van der Waals surface area contributed by atoms with Gasteiger partial charge in [-0.3, -0.25) is 19.6 Å². The fourth-order valence-corrected chi connectivity index (χ4v) is 3.81. The molecule has 0 radical (unpaired) electrons. The lowest BCUT2D eigenvalue weighted by atomic mass is 9.87. The fourth-order valence-electron chi connectivity index (χ4n) is 3.81. The first kappa shape index (κ1) is 46.0. The predicted molar refractivity (Wildman–Crippen MR) is 214 cm³/mol. The molecule has 54 heavy (non-hydrogen) atoms. The highest BCUT2D eigenvalue weighted by molar-refractivity contribution is 5.95. The van der Waals surface area contributed by atoms with Gasteiger partial charge in [0.05, 0.1) is 11.1 Å². The highest BCUT2D eigenvalue weighted by Crippen LogP contribution is 2.23. The Morgan fingerprint density at radius 1 is 0.519 bits per heavy atom. The SMILES string of the molecule is CC(C)(C)c1ccc(C(=O)O)cc1.CC(C)(C)c1ccc(C(=O)O)cc1.CC/C(C)=N/NC(=O)c1ccncc1.CC/C(C)=N/NC(=O)c1ccncc1. The maximum atomic E-state index is 11.4. The number of carboxylic acids is 2. The molecule has 0 aliphatic heterocycles. The van der Waals surface area contributed by atoms with Crippen LogP contribution in [0.4, 0.5) is 0 Å². The van der Waals surface area contributed by atoms with Gasteiger partial charge in [0.1, 0.15) is 0 Å². The molecule has 288 valence electrons. The summed E-state index contributed by atoms with van der Waals surface area (Å²) in [5.41, 5.74) is 11.0. The molecule has 12 heteroatoms. The van der Waals surface area contributed by atoms with E-state index in [1.54, 1.807) is 73.3 Å². The third-order valence-corrected chi connectivity index (χ3v) is 7.60. The zero-order valence-electron chi connectivity index (χ0n) is 33.0. The number of nitrogens with one attached hydrogen (secondary N) is 2. The van der Waals surface area contributed by atoms with Gasteiger partial charge in [-0.15, -0.1) is 0 Å². The summed E-state index contributed by atoms with van der Waals surface area (Å²) in [6.45, 7) is 20.3. The number of nitrogens with zero attached hydrogens (tertiary/aromatic N) is 4. The van der Waals surface area contributed by atoms with Crippen molar-refractivity contribution in [2.75, 3.05) is 0 Å². The van der Waals surface area contributed by atoms with Crippen molar-refractivity contribution in [2.45, 2.75) is 92.9 Å². The Bertz CT molecular complexity index is 1690. The molecule has 0 saturated heterocycles. The van der Waals surface area contributed by atoms with E-state index in [0.29, 0.717) is 22.3 Å².